The maximum absolute atomic E-state index is 5.86. The van der Waals surface area contributed by atoms with Crippen LogP contribution in [0.5, 0.6) is 0 Å². The molecule has 104 valence electrons. The monoisotopic (exact) mass is 262 g/mol. The molecule has 0 saturated heterocycles. The Morgan fingerprint density at radius 1 is 1.05 bits per heavy atom. The predicted octanol–water partition coefficient (Wildman–Crippen LogP) is 2.60. The fraction of sp³-hybridized carbons (Fsp3) is 0.786. The Labute approximate surface area is 114 Å². The summed E-state index contributed by atoms with van der Waals surface area (Å²) in [6, 6.07) is 0. The molecule has 0 aliphatic heterocycles. The molecule has 2 N–H and O–H groups in total. The first kappa shape index (κ1) is 12.8. The van der Waals surface area contributed by atoms with Gasteiger partial charge < -0.3 is 10.5 Å². The van der Waals surface area contributed by atoms with Crippen LogP contribution in [-0.4, -0.2) is 22.1 Å². The van der Waals surface area contributed by atoms with Crippen LogP contribution < -0.4 is 5.73 Å². The Balaban J connectivity index is 1.86. The van der Waals surface area contributed by atoms with E-state index in [2.05, 4.69) is 15.0 Å². The lowest BCUT2D eigenvalue weighted by atomic mass is 9.89. The summed E-state index contributed by atoms with van der Waals surface area (Å²) >= 11 is 0. The van der Waals surface area contributed by atoms with Crippen molar-refractivity contribution in [3.63, 3.8) is 0 Å². The van der Waals surface area contributed by atoms with E-state index >= 15 is 0 Å². The molecule has 0 radical (unpaired) electrons. The van der Waals surface area contributed by atoms with Crippen molar-refractivity contribution in [3.8, 4) is 0 Å². The summed E-state index contributed by atoms with van der Waals surface area (Å²) in [4.78, 5) is 13.3. The molecule has 0 amide bonds. The molecule has 1 atom stereocenters. The molecule has 0 bridgehead atoms. The zero-order valence-electron chi connectivity index (χ0n) is 11.5. The van der Waals surface area contributed by atoms with E-state index in [-0.39, 0.29) is 6.10 Å². The fourth-order valence-electron chi connectivity index (χ4n) is 3.01. The highest BCUT2D eigenvalue weighted by Gasteiger charge is 2.35. The first-order valence-electron chi connectivity index (χ1n) is 7.32. The molecule has 2 aliphatic rings. The van der Waals surface area contributed by atoms with Crippen LogP contribution in [-0.2, 0) is 4.74 Å². The average molecular weight is 262 g/mol. The van der Waals surface area contributed by atoms with E-state index in [0.29, 0.717) is 17.8 Å². The summed E-state index contributed by atoms with van der Waals surface area (Å²) in [5.74, 6) is 2.97. The van der Waals surface area contributed by atoms with Gasteiger partial charge in [0.25, 0.3) is 0 Å². The van der Waals surface area contributed by atoms with E-state index in [9.17, 15) is 0 Å². The first-order valence-corrected chi connectivity index (χ1v) is 7.32. The highest BCUT2D eigenvalue weighted by Crippen LogP contribution is 2.42. The van der Waals surface area contributed by atoms with Crippen molar-refractivity contribution in [1.29, 1.82) is 0 Å². The maximum atomic E-state index is 5.86. The molecule has 1 aromatic rings. The number of nitrogens with two attached hydrogens (primary N) is 1. The lowest BCUT2D eigenvalue weighted by molar-refractivity contribution is 0.0767. The molecular weight excluding hydrogens is 240 g/mol. The second-order valence-corrected chi connectivity index (χ2v) is 5.74. The number of nitrogens with zero attached hydrogens (tertiary/aromatic N) is 3. The van der Waals surface area contributed by atoms with Crippen LogP contribution in [0.25, 0.3) is 0 Å². The number of ether oxygens (including phenoxy) is 1. The van der Waals surface area contributed by atoms with Crippen LogP contribution in [0.15, 0.2) is 0 Å². The number of hydrogen-bond acceptors (Lipinski definition) is 5. The van der Waals surface area contributed by atoms with Crippen molar-refractivity contribution in [2.45, 2.75) is 57.0 Å². The zero-order valence-corrected chi connectivity index (χ0v) is 11.5. The number of methoxy groups -OCH3 is 1. The molecular formula is C14H22N4O. The molecule has 19 heavy (non-hydrogen) atoms. The fourth-order valence-corrected chi connectivity index (χ4v) is 3.01. The number of rotatable bonds is 4. The maximum Gasteiger partial charge on any atom is 0.223 e. The van der Waals surface area contributed by atoms with Gasteiger partial charge in [0.15, 0.2) is 5.82 Å². The van der Waals surface area contributed by atoms with Gasteiger partial charge in [-0.15, -0.1) is 0 Å². The van der Waals surface area contributed by atoms with Gasteiger partial charge in [0.1, 0.15) is 11.9 Å². The van der Waals surface area contributed by atoms with Crippen molar-refractivity contribution in [2.75, 3.05) is 12.8 Å². The summed E-state index contributed by atoms with van der Waals surface area (Å²) in [6.45, 7) is 0. The molecule has 2 saturated carbocycles. The second-order valence-electron chi connectivity index (χ2n) is 5.74. The molecule has 2 aliphatic carbocycles. The SMILES string of the molecule is COC(c1nc(N)nc(C2CCCCC2)n1)C1CC1. The van der Waals surface area contributed by atoms with E-state index in [1.54, 1.807) is 7.11 Å². The lowest BCUT2D eigenvalue weighted by Crippen LogP contribution is -2.17. The van der Waals surface area contributed by atoms with E-state index in [1.165, 1.54) is 44.9 Å². The quantitative estimate of drug-likeness (QED) is 0.902. The van der Waals surface area contributed by atoms with E-state index in [4.69, 9.17) is 10.5 Å². The third kappa shape index (κ3) is 2.86. The van der Waals surface area contributed by atoms with Crippen LogP contribution in [0.2, 0.25) is 0 Å². The molecule has 1 unspecified atom stereocenters. The summed E-state index contributed by atoms with van der Waals surface area (Å²) in [6.07, 6.45) is 8.59. The molecule has 1 aromatic heterocycles. The van der Waals surface area contributed by atoms with Crippen LogP contribution in [0.1, 0.15) is 68.6 Å². The molecule has 5 nitrogen and oxygen atoms in total. The predicted molar refractivity (Wildman–Crippen MR) is 72.5 cm³/mol. The smallest absolute Gasteiger partial charge is 0.223 e. The molecule has 2 fully saturated rings. The largest absolute Gasteiger partial charge is 0.373 e. The van der Waals surface area contributed by atoms with Crippen molar-refractivity contribution >= 4 is 5.95 Å². The summed E-state index contributed by atoms with van der Waals surface area (Å²) in [5.41, 5.74) is 5.86. The topological polar surface area (TPSA) is 73.9 Å². The van der Waals surface area contributed by atoms with Crippen LogP contribution in [0.4, 0.5) is 5.95 Å². The summed E-state index contributed by atoms with van der Waals surface area (Å²) in [5, 5.41) is 0. The highest BCUT2D eigenvalue weighted by atomic mass is 16.5. The van der Waals surface area contributed by atoms with Crippen molar-refractivity contribution in [3.05, 3.63) is 11.6 Å². The van der Waals surface area contributed by atoms with Crippen LogP contribution in [0, 0.1) is 5.92 Å². The Morgan fingerprint density at radius 2 is 1.79 bits per heavy atom. The minimum Gasteiger partial charge on any atom is -0.373 e. The van der Waals surface area contributed by atoms with Gasteiger partial charge in [-0.3, -0.25) is 0 Å². The van der Waals surface area contributed by atoms with Gasteiger partial charge >= 0.3 is 0 Å². The van der Waals surface area contributed by atoms with Gasteiger partial charge in [-0.05, 0) is 31.6 Å². The summed E-state index contributed by atoms with van der Waals surface area (Å²) in [7, 11) is 1.73. The molecule has 5 heteroatoms. The Hall–Kier alpha value is -1.23. The number of hydrogen-bond donors (Lipinski definition) is 1. The Bertz CT molecular complexity index is 441. The summed E-state index contributed by atoms with van der Waals surface area (Å²) < 4.78 is 5.55. The molecule has 0 aromatic carbocycles. The second kappa shape index (κ2) is 5.41. The molecule has 1 heterocycles. The van der Waals surface area contributed by atoms with Crippen molar-refractivity contribution in [2.24, 2.45) is 5.92 Å². The normalized spacial score (nSPS) is 22.4. The number of nitrogen functional groups attached to an aromatic ring is 1. The number of aromatic nitrogens is 3. The van der Waals surface area contributed by atoms with E-state index < -0.39 is 0 Å². The first-order chi connectivity index (χ1) is 9.28. The van der Waals surface area contributed by atoms with Gasteiger partial charge in [0.2, 0.25) is 5.95 Å². The minimum atomic E-state index is -0.00681. The van der Waals surface area contributed by atoms with Gasteiger partial charge in [-0.25, -0.2) is 4.98 Å². The number of anilines is 1. The Morgan fingerprint density at radius 3 is 2.42 bits per heavy atom. The van der Waals surface area contributed by atoms with Gasteiger partial charge in [0, 0.05) is 13.0 Å². The third-order valence-corrected chi connectivity index (χ3v) is 4.22. The standard InChI is InChI=1S/C14H22N4O/c1-19-11(9-7-8-9)13-16-12(17-14(15)18-13)10-5-3-2-4-6-10/h9-11H,2-8H2,1H3,(H2,15,16,17,18). The lowest BCUT2D eigenvalue weighted by Gasteiger charge is -2.21. The minimum absolute atomic E-state index is 0.00681. The molecule has 0 spiro atoms. The van der Waals surface area contributed by atoms with E-state index in [1.807, 2.05) is 0 Å². The highest BCUT2D eigenvalue weighted by molar-refractivity contribution is 5.19. The van der Waals surface area contributed by atoms with Crippen molar-refractivity contribution in [1.82, 2.24) is 15.0 Å². The van der Waals surface area contributed by atoms with E-state index in [0.717, 1.165) is 11.6 Å². The van der Waals surface area contributed by atoms with Gasteiger partial charge in [0.05, 0.1) is 0 Å². The third-order valence-electron chi connectivity index (χ3n) is 4.22. The van der Waals surface area contributed by atoms with Crippen LogP contribution >= 0.6 is 0 Å². The van der Waals surface area contributed by atoms with Gasteiger partial charge in [-0.1, -0.05) is 19.3 Å². The average Bonchev–Trinajstić information content (AvgIpc) is 3.25. The Kier molecular flexibility index (Phi) is 3.64. The van der Waals surface area contributed by atoms with Crippen LogP contribution in [0.3, 0.4) is 0 Å². The van der Waals surface area contributed by atoms with Gasteiger partial charge in [-0.2, -0.15) is 9.97 Å². The van der Waals surface area contributed by atoms with Crippen molar-refractivity contribution < 1.29 is 4.74 Å². The zero-order chi connectivity index (χ0) is 13.2. The molecule has 3 rings (SSSR count).